The molecule has 1 saturated heterocycles. The number of fused-ring (bicyclic) bond motifs is 1. The number of hydrogen-bond donors (Lipinski definition) is 1. The zero-order valence-corrected chi connectivity index (χ0v) is 19.6. The standard InChI is InChI=1S/C25H36ClO5/c1-15-4-7-21(22-14-31-16(2)5-8-20(15)22)17(3)24(27)10-11-30-13-19-12-18(25(28)29)6-9-23(19)26/h6,9,12,15-17,20-22,24H,4-5,7-8,10-11,13-14H2,1-3H3,(H,28,29)/q-1/t15-,16?,17-,20+,21+,22?,24-/m1/s1. The van der Waals surface area contributed by atoms with Crippen molar-refractivity contribution in [3.8, 4) is 0 Å². The number of carboxylic acids is 1. The minimum atomic E-state index is -0.997. The molecule has 1 aliphatic carbocycles. The van der Waals surface area contributed by atoms with Crippen LogP contribution in [0.15, 0.2) is 18.2 Å². The van der Waals surface area contributed by atoms with Crippen molar-refractivity contribution in [3.05, 3.63) is 34.3 Å². The fourth-order valence-electron chi connectivity index (χ4n) is 5.55. The summed E-state index contributed by atoms with van der Waals surface area (Å²) < 4.78 is 11.8. The van der Waals surface area contributed by atoms with Gasteiger partial charge in [0.05, 0.1) is 24.9 Å². The molecule has 1 saturated carbocycles. The van der Waals surface area contributed by atoms with Crippen molar-refractivity contribution >= 4 is 17.6 Å². The lowest BCUT2D eigenvalue weighted by atomic mass is 9.62. The summed E-state index contributed by atoms with van der Waals surface area (Å²) >= 11 is 6.15. The van der Waals surface area contributed by atoms with E-state index in [-0.39, 0.29) is 18.1 Å². The van der Waals surface area contributed by atoms with Crippen LogP contribution in [0, 0.1) is 29.6 Å². The van der Waals surface area contributed by atoms with Gasteiger partial charge < -0.3 is 19.7 Å². The van der Waals surface area contributed by atoms with Gasteiger partial charge in [-0.15, -0.1) is 6.10 Å². The molecule has 1 aromatic rings. The van der Waals surface area contributed by atoms with E-state index in [0.717, 1.165) is 19.4 Å². The average molecular weight is 452 g/mol. The Morgan fingerprint density at radius 2 is 2.03 bits per heavy atom. The Hall–Kier alpha value is -1.14. The van der Waals surface area contributed by atoms with Crippen molar-refractivity contribution in [1.82, 2.24) is 0 Å². The van der Waals surface area contributed by atoms with E-state index in [1.165, 1.54) is 25.0 Å². The first-order valence-electron chi connectivity index (χ1n) is 11.6. The molecular formula is C25H36ClO5-. The predicted octanol–water partition coefficient (Wildman–Crippen LogP) is 4.79. The zero-order chi connectivity index (χ0) is 22.5. The molecule has 1 heterocycles. The van der Waals surface area contributed by atoms with Crippen molar-refractivity contribution in [2.75, 3.05) is 13.2 Å². The average Bonchev–Trinajstić information content (AvgIpc) is 2.94. The van der Waals surface area contributed by atoms with Crippen LogP contribution in [-0.2, 0) is 16.1 Å². The third kappa shape index (κ3) is 6.22. The molecule has 0 aromatic heterocycles. The molecule has 2 fully saturated rings. The van der Waals surface area contributed by atoms with Crippen LogP contribution in [0.5, 0.6) is 0 Å². The maximum Gasteiger partial charge on any atom is 0.335 e. The highest BCUT2D eigenvalue weighted by Gasteiger charge is 2.41. The molecule has 0 radical (unpaired) electrons. The van der Waals surface area contributed by atoms with Gasteiger partial charge >= 0.3 is 5.97 Å². The van der Waals surface area contributed by atoms with Crippen molar-refractivity contribution in [3.63, 3.8) is 0 Å². The Balaban J connectivity index is 1.51. The van der Waals surface area contributed by atoms with Gasteiger partial charge in [-0.25, -0.2) is 4.79 Å². The third-order valence-electron chi connectivity index (χ3n) is 7.62. The Labute approximate surface area is 191 Å². The first kappa shape index (κ1) is 24.5. The summed E-state index contributed by atoms with van der Waals surface area (Å²) in [6, 6.07) is 4.57. The minimum Gasteiger partial charge on any atom is -0.852 e. The van der Waals surface area contributed by atoms with E-state index in [2.05, 4.69) is 20.8 Å². The summed E-state index contributed by atoms with van der Waals surface area (Å²) in [5, 5.41) is 22.6. The number of halogens is 1. The Morgan fingerprint density at radius 3 is 2.77 bits per heavy atom. The van der Waals surface area contributed by atoms with Crippen molar-refractivity contribution in [2.24, 2.45) is 29.6 Å². The van der Waals surface area contributed by atoms with E-state index in [1.54, 1.807) is 6.07 Å². The highest BCUT2D eigenvalue weighted by atomic mass is 35.5. The Bertz CT molecular complexity index is 739. The number of aromatic carboxylic acids is 1. The zero-order valence-electron chi connectivity index (χ0n) is 18.9. The Morgan fingerprint density at radius 1 is 1.26 bits per heavy atom. The fraction of sp³-hybridized carbons (Fsp3) is 0.720. The molecule has 5 nitrogen and oxygen atoms in total. The molecular weight excluding hydrogens is 416 g/mol. The molecule has 31 heavy (non-hydrogen) atoms. The molecule has 6 heteroatoms. The number of benzene rings is 1. The summed E-state index contributed by atoms with van der Waals surface area (Å²) in [4.78, 5) is 11.1. The van der Waals surface area contributed by atoms with Crippen molar-refractivity contribution in [2.45, 2.75) is 71.7 Å². The lowest BCUT2D eigenvalue weighted by molar-refractivity contribution is -0.439. The van der Waals surface area contributed by atoms with Gasteiger partial charge in [0.25, 0.3) is 0 Å². The van der Waals surface area contributed by atoms with Gasteiger partial charge in [-0.1, -0.05) is 37.8 Å². The van der Waals surface area contributed by atoms with Crippen LogP contribution in [-0.4, -0.2) is 36.5 Å². The number of rotatable bonds is 8. The third-order valence-corrected chi connectivity index (χ3v) is 7.99. The van der Waals surface area contributed by atoms with Gasteiger partial charge in [-0.3, -0.25) is 0 Å². The second-order valence-electron chi connectivity index (χ2n) is 9.62. The first-order chi connectivity index (χ1) is 14.8. The first-order valence-corrected chi connectivity index (χ1v) is 12.0. The molecule has 0 spiro atoms. The molecule has 0 amide bonds. The van der Waals surface area contributed by atoms with Gasteiger partial charge in [-0.05, 0) is 80.0 Å². The summed E-state index contributed by atoms with van der Waals surface area (Å²) in [6.45, 7) is 7.97. The van der Waals surface area contributed by atoms with Crippen LogP contribution >= 0.6 is 11.6 Å². The van der Waals surface area contributed by atoms with E-state index in [4.69, 9.17) is 26.2 Å². The molecule has 2 aliphatic rings. The maximum atomic E-state index is 13.0. The van der Waals surface area contributed by atoms with E-state index < -0.39 is 12.1 Å². The predicted molar refractivity (Wildman–Crippen MR) is 119 cm³/mol. The molecule has 2 unspecified atom stereocenters. The molecule has 7 atom stereocenters. The summed E-state index contributed by atoms with van der Waals surface area (Å²) in [5.74, 6) is 1.36. The number of carboxylic acid groups (broad SMARTS) is 1. The normalized spacial score (nSPS) is 30.8. The second kappa shape index (κ2) is 11.1. The van der Waals surface area contributed by atoms with Gasteiger partial charge in [-0.2, -0.15) is 0 Å². The molecule has 0 bridgehead atoms. The number of carbonyl (C=O) groups is 1. The highest BCUT2D eigenvalue weighted by Crippen LogP contribution is 2.46. The van der Waals surface area contributed by atoms with E-state index >= 15 is 0 Å². The molecule has 1 aliphatic heterocycles. The molecule has 174 valence electrons. The Kier molecular flexibility index (Phi) is 8.80. The van der Waals surface area contributed by atoms with E-state index in [1.807, 2.05) is 0 Å². The van der Waals surface area contributed by atoms with Crippen LogP contribution in [0.3, 0.4) is 0 Å². The lowest BCUT2D eigenvalue weighted by Gasteiger charge is -2.47. The van der Waals surface area contributed by atoms with Gasteiger partial charge in [0.1, 0.15) is 0 Å². The van der Waals surface area contributed by atoms with Gasteiger partial charge in [0.2, 0.25) is 0 Å². The van der Waals surface area contributed by atoms with E-state index in [9.17, 15) is 9.90 Å². The molecule has 1 N–H and O–H groups in total. The smallest absolute Gasteiger partial charge is 0.335 e. The van der Waals surface area contributed by atoms with Gasteiger partial charge in [0.15, 0.2) is 0 Å². The van der Waals surface area contributed by atoms with Crippen LogP contribution in [0.1, 0.15) is 68.8 Å². The van der Waals surface area contributed by atoms with Crippen LogP contribution in [0.4, 0.5) is 0 Å². The summed E-state index contributed by atoms with van der Waals surface area (Å²) in [7, 11) is 0. The highest BCUT2D eigenvalue weighted by molar-refractivity contribution is 6.31. The van der Waals surface area contributed by atoms with E-state index in [0.29, 0.717) is 53.4 Å². The second-order valence-corrected chi connectivity index (χ2v) is 10.0. The SMILES string of the molecule is CC1CC[C@@H]2C(CO1)[C@H]([C@@H](C)[C@H]([O-])CCOCc1cc(C(=O)O)ccc1Cl)CC[C@H]2C. The largest absolute Gasteiger partial charge is 0.852 e. The van der Waals surface area contributed by atoms with Gasteiger partial charge in [0, 0.05) is 11.6 Å². The van der Waals surface area contributed by atoms with Crippen molar-refractivity contribution < 1.29 is 24.5 Å². The molecule has 3 rings (SSSR count). The number of ether oxygens (including phenoxy) is 2. The van der Waals surface area contributed by atoms with Crippen molar-refractivity contribution in [1.29, 1.82) is 0 Å². The lowest BCUT2D eigenvalue weighted by Crippen LogP contribution is -2.45. The maximum absolute atomic E-state index is 13.0. The topological polar surface area (TPSA) is 78.8 Å². The molecule has 1 aromatic carbocycles. The number of hydrogen-bond acceptors (Lipinski definition) is 4. The summed E-state index contributed by atoms with van der Waals surface area (Å²) in [5.41, 5.74) is 0.810. The summed E-state index contributed by atoms with van der Waals surface area (Å²) in [6.07, 6.45) is 4.71. The monoisotopic (exact) mass is 451 g/mol. The van der Waals surface area contributed by atoms with Crippen LogP contribution in [0.2, 0.25) is 5.02 Å². The fourth-order valence-corrected chi connectivity index (χ4v) is 5.72. The van der Waals surface area contributed by atoms with Crippen LogP contribution < -0.4 is 5.11 Å². The minimum absolute atomic E-state index is 0.0829. The van der Waals surface area contributed by atoms with Crippen LogP contribution in [0.25, 0.3) is 0 Å². The quantitative estimate of drug-likeness (QED) is 0.575.